The summed E-state index contributed by atoms with van der Waals surface area (Å²) in [7, 11) is 0. The van der Waals surface area contributed by atoms with Crippen molar-refractivity contribution in [2.24, 2.45) is 0 Å². The molecule has 0 unspecified atom stereocenters. The molecule has 1 N–H and O–H groups in total. The molecular formula is C20H22F2N2O. The average molecular weight is 344 g/mol. The van der Waals surface area contributed by atoms with E-state index in [0.29, 0.717) is 0 Å². The highest BCUT2D eigenvalue weighted by atomic mass is 19.1. The van der Waals surface area contributed by atoms with Crippen molar-refractivity contribution in [3.05, 3.63) is 65.2 Å². The number of para-hydroxylation sites is 1. The van der Waals surface area contributed by atoms with Crippen LogP contribution in [0.5, 0.6) is 0 Å². The summed E-state index contributed by atoms with van der Waals surface area (Å²) < 4.78 is 26.9. The Bertz CT molecular complexity index is 778. The highest BCUT2D eigenvalue weighted by Crippen LogP contribution is 2.30. The van der Waals surface area contributed by atoms with Crippen molar-refractivity contribution in [3.8, 4) is 0 Å². The van der Waals surface area contributed by atoms with Gasteiger partial charge in [0.25, 0.3) is 0 Å². The monoisotopic (exact) mass is 344 g/mol. The summed E-state index contributed by atoms with van der Waals surface area (Å²) in [5.74, 6) is -1.46. The lowest BCUT2D eigenvalue weighted by Gasteiger charge is -2.36. The SMILES string of the molecule is C[C@H](NC(=O)CN1c2ccccc2CC[C@H]1C)c1ccc(F)cc1F. The fourth-order valence-electron chi connectivity index (χ4n) is 3.37. The first-order valence-corrected chi connectivity index (χ1v) is 8.54. The summed E-state index contributed by atoms with van der Waals surface area (Å²) in [5, 5.41) is 2.81. The van der Waals surface area contributed by atoms with E-state index in [1.807, 2.05) is 18.2 Å². The molecule has 2 atom stereocenters. The zero-order chi connectivity index (χ0) is 18.0. The Morgan fingerprint density at radius 1 is 1.28 bits per heavy atom. The first kappa shape index (κ1) is 17.4. The number of halogens is 2. The zero-order valence-electron chi connectivity index (χ0n) is 14.4. The van der Waals surface area contributed by atoms with Crippen molar-refractivity contribution in [1.82, 2.24) is 5.32 Å². The number of anilines is 1. The van der Waals surface area contributed by atoms with Crippen LogP contribution in [0.15, 0.2) is 42.5 Å². The Labute approximate surface area is 146 Å². The minimum Gasteiger partial charge on any atom is -0.359 e. The molecule has 1 amide bonds. The Morgan fingerprint density at radius 3 is 2.80 bits per heavy atom. The van der Waals surface area contributed by atoms with Crippen LogP contribution in [0.2, 0.25) is 0 Å². The van der Waals surface area contributed by atoms with Crippen LogP contribution >= 0.6 is 0 Å². The van der Waals surface area contributed by atoms with Gasteiger partial charge in [0, 0.05) is 23.4 Å². The molecular weight excluding hydrogens is 322 g/mol. The summed E-state index contributed by atoms with van der Waals surface area (Å²) in [4.78, 5) is 14.6. The van der Waals surface area contributed by atoms with Gasteiger partial charge in [-0.15, -0.1) is 0 Å². The molecule has 0 saturated carbocycles. The summed E-state index contributed by atoms with van der Waals surface area (Å²) in [6, 6.07) is 11.2. The lowest BCUT2D eigenvalue weighted by Crippen LogP contribution is -2.45. The second-order valence-corrected chi connectivity index (χ2v) is 6.60. The van der Waals surface area contributed by atoms with Crippen LogP contribution in [0.25, 0.3) is 0 Å². The zero-order valence-corrected chi connectivity index (χ0v) is 14.4. The minimum atomic E-state index is -0.649. The highest BCUT2D eigenvalue weighted by Gasteiger charge is 2.25. The molecule has 25 heavy (non-hydrogen) atoms. The van der Waals surface area contributed by atoms with E-state index in [1.54, 1.807) is 6.92 Å². The number of hydrogen-bond acceptors (Lipinski definition) is 2. The molecule has 0 radical (unpaired) electrons. The molecule has 2 aromatic rings. The number of carbonyl (C=O) groups is 1. The van der Waals surface area contributed by atoms with E-state index >= 15 is 0 Å². The van der Waals surface area contributed by atoms with E-state index in [0.717, 1.165) is 24.6 Å². The van der Waals surface area contributed by atoms with Crippen LogP contribution in [0.4, 0.5) is 14.5 Å². The topological polar surface area (TPSA) is 32.3 Å². The molecule has 1 aliphatic heterocycles. The standard InChI is InChI=1S/C20H22F2N2O/c1-13-7-8-15-5-3-4-6-19(15)24(13)12-20(25)23-14(2)17-10-9-16(21)11-18(17)22/h3-6,9-11,13-14H,7-8,12H2,1-2H3,(H,23,25)/t13-,14+/m1/s1. The fourth-order valence-corrected chi connectivity index (χ4v) is 3.37. The number of hydrogen-bond donors (Lipinski definition) is 1. The van der Waals surface area contributed by atoms with Crippen LogP contribution in [0.1, 0.15) is 37.4 Å². The summed E-state index contributed by atoms with van der Waals surface area (Å²) >= 11 is 0. The van der Waals surface area contributed by atoms with Crippen molar-refractivity contribution in [3.63, 3.8) is 0 Å². The molecule has 0 aromatic heterocycles. The normalized spacial score (nSPS) is 17.8. The van der Waals surface area contributed by atoms with Crippen LogP contribution in [0, 0.1) is 11.6 Å². The van der Waals surface area contributed by atoms with E-state index in [4.69, 9.17) is 0 Å². The number of nitrogens with zero attached hydrogens (tertiary/aromatic N) is 1. The molecule has 3 nitrogen and oxygen atoms in total. The van der Waals surface area contributed by atoms with Crippen LogP contribution in [-0.4, -0.2) is 18.5 Å². The Kier molecular flexibility index (Phi) is 5.02. The van der Waals surface area contributed by atoms with Gasteiger partial charge in [-0.2, -0.15) is 0 Å². The van der Waals surface area contributed by atoms with Gasteiger partial charge in [-0.1, -0.05) is 24.3 Å². The van der Waals surface area contributed by atoms with Crippen LogP contribution in [0.3, 0.4) is 0 Å². The maximum atomic E-state index is 13.9. The largest absolute Gasteiger partial charge is 0.359 e. The van der Waals surface area contributed by atoms with Crippen LogP contribution in [-0.2, 0) is 11.2 Å². The van der Waals surface area contributed by atoms with Gasteiger partial charge in [0.15, 0.2) is 0 Å². The predicted octanol–water partition coefficient (Wildman–Crippen LogP) is 3.98. The number of benzene rings is 2. The maximum absolute atomic E-state index is 13.9. The quantitative estimate of drug-likeness (QED) is 0.910. The minimum absolute atomic E-state index is 0.181. The molecule has 3 rings (SSSR count). The smallest absolute Gasteiger partial charge is 0.240 e. The molecule has 0 spiro atoms. The van der Waals surface area contributed by atoms with Gasteiger partial charge in [0.2, 0.25) is 5.91 Å². The van der Waals surface area contributed by atoms with Gasteiger partial charge in [-0.3, -0.25) is 4.79 Å². The van der Waals surface area contributed by atoms with E-state index in [2.05, 4.69) is 23.2 Å². The van der Waals surface area contributed by atoms with Crippen molar-refractivity contribution in [2.45, 2.75) is 38.8 Å². The first-order chi connectivity index (χ1) is 12.0. The van der Waals surface area contributed by atoms with Crippen molar-refractivity contribution >= 4 is 11.6 Å². The molecule has 0 saturated heterocycles. The van der Waals surface area contributed by atoms with Gasteiger partial charge in [0.1, 0.15) is 11.6 Å². The number of amides is 1. The van der Waals surface area contributed by atoms with E-state index in [-0.39, 0.29) is 24.1 Å². The number of nitrogens with one attached hydrogen (secondary N) is 1. The van der Waals surface area contributed by atoms with E-state index in [9.17, 15) is 13.6 Å². The Hall–Kier alpha value is -2.43. The van der Waals surface area contributed by atoms with E-state index < -0.39 is 17.7 Å². The van der Waals surface area contributed by atoms with Gasteiger partial charge in [-0.25, -0.2) is 8.78 Å². The highest BCUT2D eigenvalue weighted by molar-refractivity contribution is 5.82. The summed E-state index contributed by atoms with van der Waals surface area (Å²) in [5.41, 5.74) is 2.60. The summed E-state index contributed by atoms with van der Waals surface area (Å²) in [6.45, 7) is 4.01. The molecule has 1 heterocycles. The molecule has 5 heteroatoms. The van der Waals surface area contributed by atoms with Crippen molar-refractivity contribution < 1.29 is 13.6 Å². The van der Waals surface area contributed by atoms with Crippen molar-refractivity contribution in [2.75, 3.05) is 11.4 Å². The number of fused-ring (bicyclic) bond motifs is 1. The lowest BCUT2D eigenvalue weighted by molar-refractivity contribution is -0.120. The predicted molar refractivity (Wildman–Crippen MR) is 94.5 cm³/mol. The Morgan fingerprint density at radius 2 is 2.04 bits per heavy atom. The second kappa shape index (κ2) is 7.21. The maximum Gasteiger partial charge on any atom is 0.240 e. The fraction of sp³-hybridized carbons (Fsp3) is 0.350. The first-order valence-electron chi connectivity index (χ1n) is 8.54. The van der Waals surface area contributed by atoms with Crippen molar-refractivity contribution in [1.29, 1.82) is 0 Å². The van der Waals surface area contributed by atoms with Gasteiger partial charge >= 0.3 is 0 Å². The number of aryl methyl sites for hydroxylation is 1. The Balaban J connectivity index is 1.70. The lowest BCUT2D eigenvalue weighted by atomic mass is 9.96. The van der Waals surface area contributed by atoms with Gasteiger partial charge in [0.05, 0.1) is 12.6 Å². The molecule has 0 fully saturated rings. The molecule has 0 bridgehead atoms. The van der Waals surface area contributed by atoms with E-state index in [1.165, 1.54) is 17.7 Å². The number of carbonyl (C=O) groups excluding carboxylic acids is 1. The molecule has 1 aliphatic rings. The third kappa shape index (κ3) is 3.81. The van der Waals surface area contributed by atoms with Gasteiger partial charge < -0.3 is 10.2 Å². The van der Waals surface area contributed by atoms with Gasteiger partial charge in [-0.05, 0) is 44.4 Å². The molecule has 132 valence electrons. The summed E-state index contributed by atoms with van der Waals surface area (Å²) in [6.07, 6.45) is 2.00. The third-order valence-corrected chi connectivity index (χ3v) is 4.79. The second-order valence-electron chi connectivity index (χ2n) is 6.60. The molecule has 0 aliphatic carbocycles. The third-order valence-electron chi connectivity index (χ3n) is 4.79. The number of rotatable bonds is 4. The average Bonchev–Trinajstić information content (AvgIpc) is 2.57. The van der Waals surface area contributed by atoms with Crippen LogP contribution < -0.4 is 10.2 Å². The molecule has 2 aromatic carbocycles.